The number of carbonyl (C=O) groups excluding carboxylic acids is 2. The number of carbonyl (C=O) groups is 2. The molecule has 0 spiro atoms. The Kier molecular flexibility index (Phi) is 8.09. The number of benzene rings is 2. The number of hydrogen-bond acceptors (Lipinski definition) is 6. The minimum atomic E-state index is -0.471. The topological polar surface area (TPSA) is 74.7 Å². The zero-order valence-corrected chi connectivity index (χ0v) is 20.2. The lowest BCUT2D eigenvalue weighted by atomic mass is 9.97. The molecule has 0 radical (unpaired) electrons. The minimum Gasteiger partial charge on any atom is -0.496 e. The first kappa shape index (κ1) is 24.8. The number of ether oxygens (including phenoxy) is 2. The predicted octanol–water partition coefficient (Wildman–Crippen LogP) is 2.69. The van der Waals surface area contributed by atoms with E-state index in [2.05, 4.69) is 10.0 Å². The summed E-state index contributed by atoms with van der Waals surface area (Å²) >= 11 is 0. The highest BCUT2D eigenvalue weighted by Crippen LogP contribution is 2.37. The van der Waals surface area contributed by atoms with Crippen LogP contribution in [0.1, 0.15) is 30.5 Å². The number of para-hydroxylation sites is 1. The summed E-state index contributed by atoms with van der Waals surface area (Å²) in [5.41, 5.74) is 1.62. The first-order valence-electron chi connectivity index (χ1n) is 11.8. The third-order valence-electron chi connectivity index (χ3n) is 6.41. The zero-order valence-electron chi connectivity index (χ0n) is 20.2. The summed E-state index contributed by atoms with van der Waals surface area (Å²) in [5, 5.41) is 5.93. The number of hydrazone groups is 1. The number of hydrogen-bond donors (Lipinski definition) is 0. The SMILES string of the molecule is COc1ccccc1C1CC(c2ccccc2F)=NN1C(=O)CN(CCN1CCOCC1)C(C)=O. The second-order valence-corrected chi connectivity index (χ2v) is 8.62. The van der Waals surface area contributed by atoms with Crippen molar-refractivity contribution in [3.8, 4) is 5.75 Å². The van der Waals surface area contributed by atoms with E-state index in [9.17, 15) is 14.0 Å². The van der Waals surface area contributed by atoms with Gasteiger partial charge in [-0.2, -0.15) is 5.10 Å². The number of rotatable bonds is 8. The van der Waals surface area contributed by atoms with Crippen LogP contribution in [0.4, 0.5) is 4.39 Å². The molecule has 4 rings (SSSR count). The van der Waals surface area contributed by atoms with Crippen molar-refractivity contribution in [1.29, 1.82) is 0 Å². The molecule has 186 valence electrons. The number of halogens is 1. The van der Waals surface area contributed by atoms with E-state index in [1.165, 1.54) is 22.9 Å². The van der Waals surface area contributed by atoms with Crippen LogP contribution in [0, 0.1) is 5.82 Å². The van der Waals surface area contributed by atoms with Crippen LogP contribution < -0.4 is 4.74 Å². The summed E-state index contributed by atoms with van der Waals surface area (Å²) in [4.78, 5) is 29.6. The molecular formula is C26H31FN4O4. The maximum atomic E-state index is 14.6. The van der Waals surface area contributed by atoms with Gasteiger partial charge in [0.15, 0.2) is 0 Å². The number of amides is 2. The summed E-state index contributed by atoms with van der Waals surface area (Å²) in [6, 6.07) is 13.3. The smallest absolute Gasteiger partial charge is 0.262 e. The van der Waals surface area contributed by atoms with E-state index in [0.717, 1.165) is 18.7 Å². The maximum Gasteiger partial charge on any atom is 0.262 e. The maximum absolute atomic E-state index is 14.6. The summed E-state index contributed by atoms with van der Waals surface area (Å²) in [7, 11) is 1.57. The highest BCUT2D eigenvalue weighted by atomic mass is 19.1. The Morgan fingerprint density at radius 2 is 1.86 bits per heavy atom. The molecular weight excluding hydrogens is 451 g/mol. The lowest BCUT2D eigenvalue weighted by molar-refractivity contribution is -0.140. The Balaban J connectivity index is 1.57. The van der Waals surface area contributed by atoms with Crippen LogP contribution in [-0.4, -0.2) is 85.4 Å². The fraction of sp³-hybridized carbons (Fsp3) is 0.423. The van der Waals surface area contributed by atoms with Gasteiger partial charge in [-0.25, -0.2) is 9.40 Å². The molecule has 2 aromatic rings. The van der Waals surface area contributed by atoms with E-state index in [1.807, 2.05) is 24.3 Å². The summed E-state index contributed by atoms with van der Waals surface area (Å²) < 4.78 is 25.5. The van der Waals surface area contributed by atoms with Gasteiger partial charge in [-0.1, -0.05) is 36.4 Å². The average molecular weight is 483 g/mol. The molecule has 0 saturated carbocycles. The Labute approximate surface area is 204 Å². The van der Waals surface area contributed by atoms with Crippen molar-refractivity contribution in [3.63, 3.8) is 0 Å². The Morgan fingerprint density at radius 3 is 2.57 bits per heavy atom. The first-order chi connectivity index (χ1) is 17.0. The molecule has 0 N–H and O–H groups in total. The van der Waals surface area contributed by atoms with Crippen molar-refractivity contribution in [2.45, 2.75) is 19.4 Å². The molecule has 0 aromatic heterocycles. The van der Waals surface area contributed by atoms with Crippen molar-refractivity contribution < 1.29 is 23.5 Å². The molecule has 1 saturated heterocycles. The number of nitrogens with zero attached hydrogens (tertiary/aromatic N) is 4. The van der Waals surface area contributed by atoms with E-state index < -0.39 is 11.9 Å². The van der Waals surface area contributed by atoms with Gasteiger partial charge in [0.25, 0.3) is 5.91 Å². The summed E-state index contributed by atoms with van der Waals surface area (Å²) in [6.07, 6.45) is 0.334. The van der Waals surface area contributed by atoms with E-state index in [1.54, 1.807) is 25.3 Å². The molecule has 8 nitrogen and oxygen atoms in total. The molecule has 2 heterocycles. The van der Waals surface area contributed by atoms with Crippen LogP contribution >= 0.6 is 0 Å². The molecule has 2 aliphatic heterocycles. The monoisotopic (exact) mass is 482 g/mol. The van der Waals surface area contributed by atoms with Gasteiger partial charge in [0, 0.05) is 50.7 Å². The standard InChI is InChI=1S/C26H31FN4O4/c1-19(32)30(12-11-29-13-15-35-16-14-29)18-26(33)31-24(21-8-4-6-10-25(21)34-2)17-23(28-31)20-7-3-5-9-22(20)27/h3-10,24H,11-18H2,1-2H3. The molecule has 0 aliphatic carbocycles. The fourth-order valence-electron chi connectivity index (χ4n) is 4.45. The average Bonchev–Trinajstić information content (AvgIpc) is 3.32. The molecule has 2 aliphatic rings. The lowest BCUT2D eigenvalue weighted by Crippen LogP contribution is -2.45. The van der Waals surface area contributed by atoms with Crippen molar-refractivity contribution in [3.05, 3.63) is 65.5 Å². The molecule has 2 amide bonds. The van der Waals surface area contributed by atoms with E-state index in [4.69, 9.17) is 9.47 Å². The minimum absolute atomic E-state index is 0.112. The Morgan fingerprint density at radius 1 is 1.14 bits per heavy atom. The van der Waals surface area contributed by atoms with E-state index in [-0.39, 0.29) is 18.4 Å². The molecule has 2 aromatic carbocycles. The van der Waals surface area contributed by atoms with Gasteiger partial charge in [0.1, 0.15) is 18.1 Å². The molecule has 1 unspecified atom stereocenters. The zero-order chi connectivity index (χ0) is 24.8. The van der Waals surface area contributed by atoms with Crippen molar-refractivity contribution in [2.24, 2.45) is 5.10 Å². The summed E-state index contributed by atoms with van der Waals surface area (Å²) in [5.74, 6) is -0.284. The molecule has 9 heteroatoms. The van der Waals surface area contributed by atoms with E-state index >= 15 is 0 Å². The van der Waals surface area contributed by atoms with Crippen LogP contribution in [0.2, 0.25) is 0 Å². The van der Waals surface area contributed by atoms with Gasteiger partial charge in [-0.3, -0.25) is 14.5 Å². The largest absolute Gasteiger partial charge is 0.496 e. The van der Waals surface area contributed by atoms with Crippen molar-refractivity contribution >= 4 is 17.5 Å². The van der Waals surface area contributed by atoms with Gasteiger partial charge >= 0.3 is 0 Å². The highest BCUT2D eigenvalue weighted by Gasteiger charge is 2.36. The van der Waals surface area contributed by atoms with Gasteiger partial charge in [0.05, 0.1) is 32.1 Å². The number of methoxy groups -OCH3 is 1. The Hall–Kier alpha value is -3.30. The van der Waals surface area contributed by atoms with Gasteiger partial charge in [-0.15, -0.1) is 0 Å². The van der Waals surface area contributed by atoms with Crippen LogP contribution in [0.5, 0.6) is 5.75 Å². The third-order valence-corrected chi connectivity index (χ3v) is 6.41. The fourth-order valence-corrected chi connectivity index (χ4v) is 4.45. The van der Waals surface area contributed by atoms with Crippen LogP contribution in [0.15, 0.2) is 53.6 Å². The van der Waals surface area contributed by atoms with Gasteiger partial charge in [0.2, 0.25) is 5.91 Å². The molecule has 1 atom stereocenters. The second kappa shape index (κ2) is 11.4. The number of morpholine rings is 1. The molecule has 0 bridgehead atoms. The van der Waals surface area contributed by atoms with Crippen molar-refractivity contribution in [2.75, 3.05) is 53.0 Å². The first-order valence-corrected chi connectivity index (χ1v) is 11.8. The lowest BCUT2D eigenvalue weighted by Gasteiger charge is -2.30. The van der Waals surface area contributed by atoms with Crippen LogP contribution in [0.25, 0.3) is 0 Å². The normalized spacial score (nSPS) is 18.3. The second-order valence-electron chi connectivity index (χ2n) is 8.62. The van der Waals surface area contributed by atoms with Crippen LogP contribution in [-0.2, 0) is 14.3 Å². The molecule has 1 fully saturated rings. The third kappa shape index (κ3) is 5.86. The van der Waals surface area contributed by atoms with Crippen molar-refractivity contribution in [1.82, 2.24) is 14.8 Å². The van der Waals surface area contributed by atoms with E-state index in [0.29, 0.717) is 49.7 Å². The van der Waals surface area contributed by atoms with Gasteiger partial charge < -0.3 is 14.4 Å². The highest BCUT2D eigenvalue weighted by molar-refractivity contribution is 6.03. The molecule has 35 heavy (non-hydrogen) atoms. The Bertz CT molecular complexity index is 1090. The summed E-state index contributed by atoms with van der Waals surface area (Å²) in [6.45, 7) is 5.38. The quantitative estimate of drug-likeness (QED) is 0.579. The van der Waals surface area contributed by atoms with Crippen LogP contribution in [0.3, 0.4) is 0 Å². The van der Waals surface area contributed by atoms with Gasteiger partial charge in [-0.05, 0) is 12.1 Å². The predicted molar refractivity (Wildman–Crippen MR) is 130 cm³/mol.